The van der Waals surface area contributed by atoms with E-state index < -0.39 is 18.0 Å². The first kappa shape index (κ1) is 8.90. The molecule has 58 valence electrons. The van der Waals surface area contributed by atoms with Crippen LogP contribution < -0.4 is 5.32 Å². The fourth-order valence-electron chi connectivity index (χ4n) is 0.378. The van der Waals surface area contributed by atoms with E-state index in [0.717, 1.165) is 5.32 Å². The van der Waals surface area contributed by atoms with Gasteiger partial charge in [-0.2, -0.15) is 4.79 Å². The molecule has 0 bridgehead atoms. The molecule has 1 unspecified atom stereocenters. The third-order valence-corrected chi connectivity index (χ3v) is 1.07. The van der Waals surface area contributed by atoms with Crippen LogP contribution in [0.15, 0.2) is 0 Å². The number of carbonyl (C=O) groups is 2. The number of hydrogen-bond acceptors (Lipinski definition) is 2. The fourth-order valence-corrected chi connectivity index (χ4v) is 0.378. The number of hydrogen-bond donors (Lipinski definition) is 3. The van der Waals surface area contributed by atoms with Gasteiger partial charge in [-0.3, -0.25) is 4.79 Å². The number of aliphatic carboxylic acids is 1. The van der Waals surface area contributed by atoms with E-state index in [0.29, 0.717) is 0 Å². The molecule has 0 aromatic rings. The van der Waals surface area contributed by atoms with E-state index in [1.807, 2.05) is 0 Å². The zero-order valence-electron chi connectivity index (χ0n) is 5.57. The van der Waals surface area contributed by atoms with Crippen molar-refractivity contribution >= 4 is 12.1 Å². The Balaban J connectivity index is 3.49. The van der Waals surface area contributed by atoms with Crippen LogP contribution in [0.2, 0.25) is 0 Å². The zero-order valence-corrected chi connectivity index (χ0v) is 5.57. The molecule has 5 heteroatoms. The van der Waals surface area contributed by atoms with Crippen LogP contribution in [0.4, 0.5) is 4.79 Å². The van der Waals surface area contributed by atoms with Crippen LogP contribution in [0, 0.1) is 5.92 Å². The van der Waals surface area contributed by atoms with Crippen molar-refractivity contribution in [1.82, 2.24) is 0 Å². The van der Waals surface area contributed by atoms with Gasteiger partial charge in [0.05, 0.1) is 6.54 Å². The molecule has 0 fully saturated rings. The van der Waals surface area contributed by atoms with Gasteiger partial charge in [0.25, 0.3) is 0 Å². The van der Waals surface area contributed by atoms with E-state index in [1.165, 1.54) is 6.92 Å². The van der Waals surface area contributed by atoms with Crippen LogP contribution in [0.25, 0.3) is 0 Å². The van der Waals surface area contributed by atoms with Crippen molar-refractivity contribution in [3.63, 3.8) is 0 Å². The molecule has 0 aliphatic carbocycles. The summed E-state index contributed by atoms with van der Waals surface area (Å²) in [6.45, 7) is 1.53. The Bertz CT molecular complexity index is 145. The Morgan fingerprint density at radius 2 is 2.00 bits per heavy atom. The highest BCUT2D eigenvalue weighted by Gasteiger charge is 2.14. The van der Waals surface area contributed by atoms with Crippen molar-refractivity contribution in [3.8, 4) is 0 Å². The third kappa shape index (κ3) is 3.85. The zero-order chi connectivity index (χ0) is 8.15. The Morgan fingerprint density at radius 3 is 2.30 bits per heavy atom. The summed E-state index contributed by atoms with van der Waals surface area (Å²) in [7, 11) is 0. The van der Waals surface area contributed by atoms with Crippen molar-refractivity contribution in [2.45, 2.75) is 6.92 Å². The molecule has 10 heavy (non-hydrogen) atoms. The molecular weight excluding hydrogens is 138 g/mol. The van der Waals surface area contributed by atoms with E-state index in [4.69, 9.17) is 10.2 Å². The Morgan fingerprint density at radius 1 is 1.50 bits per heavy atom. The molecule has 4 N–H and O–H groups in total. The van der Waals surface area contributed by atoms with Crippen molar-refractivity contribution < 1.29 is 25.1 Å². The molecule has 0 aromatic carbocycles. The highest BCUT2D eigenvalue weighted by molar-refractivity contribution is 5.69. The van der Waals surface area contributed by atoms with Gasteiger partial charge in [0.15, 0.2) is 0 Å². The molecular formula is C5H10NO4+. The monoisotopic (exact) mass is 148 g/mol. The molecule has 1 amide bonds. The van der Waals surface area contributed by atoms with Gasteiger partial charge in [0, 0.05) is 0 Å². The van der Waals surface area contributed by atoms with Crippen LogP contribution in [-0.2, 0) is 4.79 Å². The predicted molar refractivity (Wildman–Crippen MR) is 31.6 cm³/mol. The average molecular weight is 148 g/mol. The Labute approximate surface area is 57.7 Å². The molecule has 0 radical (unpaired) electrons. The largest absolute Gasteiger partial charge is 0.510 e. The van der Waals surface area contributed by atoms with E-state index in [9.17, 15) is 9.59 Å². The van der Waals surface area contributed by atoms with E-state index in [1.54, 1.807) is 0 Å². The second-order valence-corrected chi connectivity index (χ2v) is 2.02. The van der Waals surface area contributed by atoms with E-state index >= 15 is 0 Å². The van der Waals surface area contributed by atoms with Crippen LogP contribution >= 0.6 is 0 Å². The number of quaternary nitrogens is 1. The number of carboxylic acid groups (broad SMARTS) is 2. The molecule has 0 aliphatic heterocycles. The summed E-state index contributed by atoms with van der Waals surface area (Å²) >= 11 is 0. The minimum absolute atomic E-state index is 0.0741. The van der Waals surface area contributed by atoms with Crippen LogP contribution in [-0.4, -0.2) is 28.8 Å². The van der Waals surface area contributed by atoms with Crippen molar-refractivity contribution in [2.75, 3.05) is 6.54 Å². The predicted octanol–water partition coefficient (Wildman–Crippen LogP) is -1.05. The van der Waals surface area contributed by atoms with Crippen molar-refractivity contribution in [2.24, 2.45) is 5.92 Å². The Kier molecular flexibility index (Phi) is 3.42. The summed E-state index contributed by atoms with van der Waals surface area (Å²) in [6, 6.07) is 0. The summed E-state index contributed by atoms with van der Waals surface area (Å²) in [6.07, 6.45) is -1.08. The summed E-state index contributed by atoms with van der Waals surface area (Å²) in [5, 5.41) is 17.3. The first-order valence-electron chi connectivity index (χ1n) is 2.83. The molecule has 0 saturated heterocycles. The van der Waals surface area contributed by atoms with Gasteiger partial charge in [-0.25, -0.2) is 5.32 Å². The number of amides is 1. The van der Waals surface area contributed by atoms with Gasteiger partial charge in [0.1, 0.15) is 5.92 Å². The molecule has 5 nitrogen and oxygen atoms in total. The maximum Gasteiger partial charge on any atom is 0.510 e. The lowest BCUT2D eigenvalue weighted by Gasteiger charge is -1.99. The molecule has 0 spiro atoms. The standard InChI is InChI=1S/C5H9NO4/c1-3(4(7)8)2-6-5(9)10/h3,6H,2H2,1H3,(H,7,8)(H,9,10)/p+1. The summed E-state index contributed by atoms with van der Waals surface area (Å²) < 4.78 is 0. The molecule has 0 heterocycles. The summed E-state index contributed by atoms with van der Waals surface area (Å²) in [5.74, 6) is -1.59. The molecule has 0 aromatic heterocycles. The highest BCUT2D eigenvalue weighted by atomic mass is 16.4. The quantitative estimate of drug-likeness (QED) is 0.476. The summed E-state index contributed by atoms with van der Waals surface area (Å²) in [4.78, 5) is 20.0. The number of primary amides is 1. The second-order valence-electron chi connectivity index (χ2n) is 2.02. The molecule has 0 saturated carbocycles. The highest BCUT2D eigenvalue weighted by Crippen LogP contribution is 1.86. The van der Waals surface area contributed by atoms with Crippen LogP contribution in [0.3, 0.4) is 0 Å². The topological polar surface area (TPSA) is 91.2 Å². The molecule has 0 rings (SSSR count). The van der Waals surface area contributed by atoms with Gasteiger partial charge >= 0.3 is 12.1 Å². The van der Waals surface area contributed by atoms with Crippen molar-refractivity contribution in [3.05, 3.63) is 0 Å². The second kappa shape index (κ2) is 3.84. The fraction of sp³-hybridized carbons (Fsp3) is 0.600. The SMILES string of the molecule is CC(C[NH2+]C(=O)O)C(=O)O. The first-order valence-corrected chi connectivity index (χ1v) is 2.83. The van der Waals surface area contributed by atoms with Gasteiger partial charge in [-0.05, 0) is 6.92 Å². The van der Waals surface area contributed by atoms with Gasteiger partial charge < -0.3 is 10.2 Å². The van der Waals surface area contributed by atoms with E-state index in [-0.39, 0.29) is 6.54 Å². The van der Waals surface area contributed by atoms with Gasteiger partial charge in [-0.15, -0.1) is 0 Å². The third-order valence-electron chi connectivity index (χ3n) is 1.07. The lowest BCUT2D eigenvalue weighted by molar-refractivity contribution is -0.572. The normalized spacial score (nSPS) is 12.5. The smallest absolute Gasteiger partial charge is 0.481 e. The van der Waals surface area contributed by atoms with E-state index in [2.05, 4.69) is 0 Å². The maximum atomic E-state index is 10.1. The average Bonchev–Trinajstić information content (AvgIpc) is 1.82. The number of rotatable bonds is 3. The summed E-state index contributed by atoms with van der Waals surface area (Å²) in [5.41, 5.74) is 0. The Hall–Kier alpha value is -1.10. The lowest BCUT2D eigenvalue weighted by Crippen LogP contribution is -2.89. The van der Waals surface area contributed by atoms with Gasteiger partial charge in [-0.1, -0.05) is 0 Å². The van der Waals surface area contributed by atoms with Crippen molar-refractivity contribution in [1.29, 1.82) is 0 Å². The minimum atomic E-state index is -1.08. The minimum Gasteiger partial charge on any atom is -0.481 e. The lowest BCUT2D eigenvalue weighted by atomic mass is 10.2. The molecule has 0 aliphatic rings. The van der Waals surface area contributed by atoms with Crippen LogP contribution in [0.5, 0.6) is 0 Å². The van der Waals surface area contributed by atoms with Gasteiger partial charge in [0.2, 0.25) is 0 Å². The maximum absolute atomic E-state index is 10.1. The first-order chi connectivity index (χ1) is 4.54. The number of nitrogens with two attached hydrogens (primary N) is 1. The van der Waals surface area contributed by atoms with Crippen LogP contribution in [0.1, 0.15) is 6.92 Å². The molecule has 1 atom stereocenters. The number of carboxylic acids is 1.